The van der Waals surface area contributed by atoms with E-state index < -0.39 is 0 Å². The van der Waals surface area contributed by atoms with Gasteiger partial charge in [0, 0.05) is 12.1 Å². The van der Waals surface area contributed by atoms with Gasteiger partial charge in [-0.1, -0.05) is 26.0 Å². The third-order valence-corrected chi connectivity index (χ3v) is 4.36. The zero-order valence-electron chi connectivity index (χ0n) is 12.5. The summed E-state index contributed by atoms with van der Waals surface area (Å²) < 4.78 is 14.8. The molecule has 2 aromatic rings. The quantitative estimate of drug-likeness (QED) is 0.748. The van der Waals surface area contributed by atoms with Crippen molar-refractivity contribution in [2.45, 2.75) is 33.6 Å². The van der Waals surface area contributed by atoms with Crippen molar-refractivity contribution in [3.05, 3.63) is 38.8 Å². The fourth-order valence-corrected chi connectivity index (χ4v) is 2.76. The van der Waals surface area contributed by atoms with E-state index in [0.29, 0.717) is 17.0 Å². The van der Waals surface area contributed by atoms with Crippen molar-refractivity contribution in [2.24, 2.45) is 0 Å². The van der Waals surface area contributed by atoms with Crippen LogP contribution >= 0.6 is 22.6 Å². The van der Waals surface area contributed by atoms with Crippen molar-refractivity contribution in [3.63, 3.8) is 0 Å². The van der Waals surface area contributed by atoms with Crippen LogP contribution in [0.4, 0.5) is 10.2 Å². The van der Waals surface area contributed by atoms with Crippen LogP contribution < -0.4 is 5.32 Å². The van der Waals surface area contributed by atoms with E-state index in [9.17, 15) is 4.39 Å². The summed E-state index contributed by atoms with van der Waals surface area (Å²) in [4.78, 5) is 9.14. The van der Waals surface area contributed by atoms with Crippen LogP contribution in [0, 0.1) is 16.3 Å². The molecule has 1 N–H and O–H groups in total. The second-order valence-electron chi connectivity index (χ2n) is 4.90. The van der Waals surface area contributed by atoms with Crippen LogP contribution in [0.25, 0.3) is 11.4 Å². The van der Waals surface area contributed by atoms with Crippen molar-refractivity contribution in [2.75, 3.05) is 11.9 Å². The highest BCUT2D eigenvalue weighted by Crippen LogP contribution is 2.25. The molecule has 0 amide bonds. The van der Waals surface area contributed by atoms with Gasteiger partial charge in [0.1, 0.15) is 11.6 Å². The van der Waals surface area contributed by atoms with Crippen LogP contribution in [-0.4, -0.2) is 16.5 Å². The van der Waals surface area contributed by atoms with E-state index in [0.717, 1.165) is 34.5 Å². The van der Waals surface area contributed by atoms with Gasteiger partial charge in [-0.15, -0.1) is 0 Å². The van der Waals surface area contributed by atoms with Gasteiger partial charge in [-0.2, -0.15) is 0 Å². The third kappa shape index (κ3) is 3.70. The lowest BCUT2D eigenvalue weighted by Crippen LogP contribution is -2.09. The fraction of sp³-hybridized carbons (Fsp3) is 0.375. The maximum Gasteiger partial charge on any atom is 0.161 e. The molecule has 0 bridgehead atoms. The first-order valence-corrected chi connectivity index (χ1v) is 8.21. The number of hydrogen-bond donors (Lipinski definition) is 1. The lowest BCUT2D eigenvalue weighted by atomic mass is 10.1. The smallest absolute Gasteiger partial charge is 0.161 e. The SMILES string of the molecule is CCCNc1nc(-c2ccc(C)c(F)c2)nc(CC)c1I. The van der Waals surface area contributed by atoms with E-state index >= 15 is 0 Å². The van der Waals surface area contributed by atoms with Crippen molar-refractivity contribution in [1.29, 1.82) is 0 Å². The predicted octanol–water partition coefficient (Wildman–Crippen LogP) is 4.58. The molecule has 0 unspecified atom stereocenters. The minimum atomic E-state index is -0.226. The molecular weight excluding hydrogens is 380 g/mol. The molecule has 0 aliphatic carbocycles. The molecule has 0 saturated heterocycles. The molecule has 3 nitrogen and oxygen atoms in total. The number of aromatic nitrogens is 2. The van der Waals surface area contributed by atoms with Crippen LogP contribution in [0.5, 0.6) is 0 Å². The third-order valence-electron chi connectivity index (χ3n) is 3.23. The van der Waals surface area contributed by atoms with Gasteiger partial charge >= 0.3 is 0 Å². The zero-order valence-corrected chi connectivity index (χ0v) is 14.7. The van der Waals surface area contributed by atoms with Crippen molar-refractivity contribution in [1.82, 2.24) is 9.97 Å². The van der Waals surface area contributed by atoms with E-state index in [1.165, 1.54) is 6.07 Å². The summed E-state index contributed by atoms with van der Waals surface area (Å²) in [7, 11) is 0. The van der Waals surface area contributed by atoms with Gasteiger partial charge in [0.05, 0.1) is 9.26 Å². The highest BCUT2D eigenvalue weighted by Gasteiger charge is 2.13. The Kier molecular flexibility index (Phi) is 5.50. The van der Waals surface area contributed by atoms with Gasteiger partial charge in [0.25, 0.3) is 0 Å². The molecule has 0 atom stereocenters. The lowest BCUT2D eigenvalue weighted by molar-refractivity contribution is 0.619. The van der Waals surface area contributed by atoms with E-state index in [4.69, 9.17) is 0 Å². The predicted molar refractivity (Wildman–Crippen MR) is 93.0 cm³/mol. The molecule has 0 spiro atoms. The van der Waals surface area contributed by atoms with Crippen LogP contribution in [0.3, 0.4) is 0 Å². The second-order valence-corrected chi connectivity index (χ2v) is 5.98. The molecule has 0 aliphatic heterocycles. The first-order valence-electron chi connectivity index (χ1n) is 7.13. The maximum absolute atomic E-state index is 13.8. The van der Waals surface area contributed by atoms with Gasteiger partial charge in [0.2, 0.25) is 0 Å². The summed E-state index contributed by atoms with van der Waals surface area (Å²) in [5, 5.41) is 3.32. The molecule has 0 aliphatic rings. The molecular formula is C16H19FIN3. The number of halogens is 2. The molecule has 2 rings (SSSR count). The fourth-order valence-electron chi connectivity index (χ4n) is 1.95. The molecule has 1 heterocycles. The summed E-state index contributed by atoms with van der Waals surface area (Å²) in [6, 6.07) is 5.13. The standard InChI is InChI=1S/C16H19FIN3/c1-4-8-19-16-14(18)13(5-2)20-15(21-16)11-7-6-10(3)12(17)9-11/h6-7,9H,4-5,8H2,1-3H3,(H,19,20,21). The average molecular weight is 399 g/mol. The Morgan fingerprint density at radius 1 is 1.24 bits per heavy atom. The number of hydrogen-bond acceptors (Lipinski definition) is 3. The Morgan fingerprint density at radius 2 is 2.00 bits per heavy atom. The minimum Gasteiger partial charge on any atom is -0.369 e. The average Bonchev–Trinajstić information content (AvgIpc) is 2.49. The number of rotatable bonds is 5. The largest absolute Gasteiger partial charge is 0.369 e. The second kappa shape index (κ2) is 7.15. The number of aryl methyl sites for hydroxylation is 2. The number of benzene rings is 1. The summed E-state index contributed by atoms with van der Waals surface area (Å²) >= 11 is 2.27. The number of nitrogens with zero attached hydrogens (tertiary/aromatic N) is 2. The van der Waals surface area contributed by atoms with Gasteiger partial charge in [0.15, 0.2) is 5.82 Å². The molecule has 0 radical (unpaired) electrons. The van der Waals surface area contributed by atoms with Crippen LogP contribution in [0.15, 0.2) is 18.2 Å². The Labute approximate surface area is 138 Å². The monoisotopic (exact) mass is 399 g/mol. The Hall–Kier alpha value is -1.24. The topological polar surface area (TPSA) is 37.8 Å². The Morgan fingerprint density at radius 3 is 2.62 bits per heavy atom. The van der Waals surface area contributed by atoms with Crippen LogP contribution in [0.1, 0.15) is 31.5 Å². The molecule has 0 saturated carbocycles. The first-order chi connectivity index (χ1) is 10.1. The first kappa shape index (κ1) is 16.1. The zero-order chi connectivity index (χ0) is 15.4. The molecule has 1 aromatic heterocycles. The van der Waals surface area contributed by atoms with E-state index in [1.807, 2.05) is 6.07 Å². The van der Waals surface area contributed by atoms with Gasteiger partial charge in [-0.25, -0.2) is 14.4 Å². The van der Waals surface area contributed by atoms with Crippen molar-refractivity contribution < 1.29 is 4.39 Å². The Balaban J connectivity index is 2.49. The van der Waals surface area contributed by atoms with Crippen LogP contribution in [-0.2, 0) is 6.42 Å². The van der Waals surface area contributed by atoms with E-state index in [2.05, 4.69) is 51.7 Å². The maximum atomic E-state index is 13.8. The summed E-state index contributed by atoms with van der Waals surface area (Å²) in [6.07, 6.45) is 1.85. The molecule has 5 heteroatoms. The molecule has 0 fully saturated rings. The summed E-state index contributed by atoms with van der Waals surface area (Å²) in [5.74, 6) is 1.18. The summed E-state index contributed by atoms with van der Waals surface area (Å²) in [5.41, 5.74) is 2.33. The number of anilines is 1. The van der Waals surface area contributed by atoms with Gasteiger partial charge < -0.3 is 5.32 Å². The number of nitrogens with one attached hydrogen (secondary N) is 1. The van der Waals surface area contributed by atoms with Crippen molar-refractivity contribution >= 4 is 28.4 Å². The molecule has 1 aromatic carbocycles. The summed E-state index contributed by atoms with van der Waals surface area (Å²) in [6.45, 7) is 6.78. The molecule has 112 valence electrons. The molecule has 21 heavy (non-hydrogen) atoms. The highest BCUT2D eigenvalue weighted by atomic mass is 127. The lowest BCUT2D eigenvalue weighted by Gasteiger charge is -2.12. The minimum absolute atomic E-state index is 0.226. The van der Waals surface area contributed by atoms with Crippen molar-refractivity contribution in [3.8, 4) is 11.4 Å². The van der Waals surface area contributed by atoms with Crippen LogP contribution in [0.2, 0.25) is 0 Å². The highest BCUT2D eigenvalue weighted by molar-refractivity contribution is 14.1. The van der Waals surface area contributed by atoms with Gasteiger partial charge in [-0.3, -0.25) is 0 Å². The van der Waals surface area contributed by atoms with Gasteiger partial charge in [-0.05, 0) is 54.0 Å². The normalized spacial score (nSPS) is 10.7. The van der Waals surface area contributed by atoms with E-state index in [-0.39, 0.29) is 5.82 Å². The van der Waals surface area contributed by atoms with E-state index in [1.54, 1.807) is 13.0 Å². The Bertz CT molecular complexity index is 644.